The Hall–Kier alpha value is 0.230. The molecule has 1 saturated heterocycles. The number of ether oxygens (including phenoxy) is 1. The van der Waals surface area contributed by atoms with Crippen LogP contribution in [0.5, 0.6) is 0 Å². The van der Waals surface area contributed by atoms with E-state index in [0.717, 1.165) is 0 Å². The van der Waals surface area contributed by atoms with Gasteiger partial charge >= 0.3 is 0 Å². The first-order valence-corrected chi connectivity index (χ1v) is 3.44. The lowest BCUT2D eigenvalue weighted by Gasteiger charge is -2.37. The van der Waals surface area contributed by atoms with Crippen molar-refractivity contribution in [2.45, 2.75) is 0 Å². The van der Waals surface area contributed by atoms with Crippen molar-refractivity contribution in [3.63, 3.8) is 0 Å². The lowest BCUT2D eigenvalue weighted by molar-refractivity contribution is -0.723. The molecule has 0 bridgehead atoms. The molecule has 3 nitrogen and oxygen atoms in total. The summed E-state index contributed by atoms with van der Waals surface area (Å²) in [5.74, 6) is 0.542. The molecule has 8 heavy (non-hydrogen) atoms. The summed E-state index contributed by atoms with van der Waals surface area (Å²) >= 11 is 1.28. The van der Waals surface area contributed by atoms with Gasteiger partial charge in [-0.25, -0.2) is 0 Å². The highest BCUT2D eigenvalue weighted by molar-refractivity contribution is 7.93. The molecule has 48 valence electrons. The fraction of sp³-hybridized carbons (Fsp3) is 1.00. The number of hydrogen-bond donors (Lipinski definition) is 0. The van der Waals surface area contributed by atoms with Gasteiger partial charge in [0.1, 0.15) is 24.4 Å². The summed E-state index contributed by atoms with van der Waals surface area (Å²) in [5.41, 5.74) is 0. The topological polar surface area (TPSA) is 32.3 Å². The average Bonchev–Trinajstić information content (AvgIpc) is 1.65. The van der Waals surface area contributed by atoms with Crippen LogP contribution in [0.15, 0.2) is 0 Å². The molecule has 4 heteroatoms. The maximum atomic E-state index is 10.9. The van der Waals surface area contributed by atoms with Crippen molar-refractivity contribution in [2.75, 3.05) is 26.1 Å². The van der Waals surface area contributed by atoms with Crippen LogP contribution in [0.25, 0.3) is 0 Å². The summed E-state index contributed by atoms with van der Waals surface area (Å²) in [6, 6.07) is 0. The number of hydroxylamine groups is 2. The predicted octanol–water partition coefficient (Wildman–Crippen LogP) is 0.567. The van der Waals surface area contributed by atoms with E-state index in [4.69, 9.17) is 4.74 Å². The van der Waals surface area contributed by atoms with Gasteiger partial charge in [0.05, 0.1) is 13.7 Å². The lowest BCUT2D eigenvalue weighted by atomic mass is 10.7. The zero-order valence-corrected chi connectivity index (χ0v) is 5.61. The van der Waals surface area contributed by atoms with E-state index in [1.807, 2.05) is 0 Å². The van der Waals surface area contributed by atoms with E-state index >= 15 is 0 Å². The quantitative estimate of drug-likeness (QED) is 0.276. The molecule has 1 fully saturated rings. The second-order valence-corrected chi connectivity index (χ2v) is 3.16. The third-order valence-corrected chi connectivity index (χ3v) is 2.05. The molecule has 0 aromatic carbocycles. The van der Waals surface area contributed by atoms with Crippen LogP contribution in [-0.4, -0.2) is 30.2 Å². The summed E-state index contributed by atoms with van der Waals surface area (Å²) in [7, 11) is 1.65. The standard InChI is InChI=1S/C4H9NO2S/c1-5(6)2-3-7-4-8-5/h2-4H2,1H3. The second-order valence-electron chi connectivity index (χ2n) is 1.89. The van der Waals surface area contributed by atoms with Crippen molar-refractivity contribution in [3.05, 3.63) is 5.21 Å². The van der Waals surface area contributed by atoms with Gasteiger partial charge in [-0.05, 0) is 0 Å². The molecule has 0 spiro atoms. The van der Waals surface area contributed by atoms with Crippen LogP contribution in [0.4, 0.5) is 0 Å². The Labute approximate surface area is 52.9 Å². The molecule has 0 aliphatic carbocycles. The van der Waals surface area contributed by atoms with Crippen molar-refractivity contribution in [2.24, 2.45) is 0 Å². The van der Waals surface area contributed by atoms with E-state index in [0.29, 0.717) is 19.1 Å². The molecule has 1 aliphatic heterocycles. The smallest absolute Gasteiger partial charge is 0.147 e. The number of hydrogen-bond acceptors (Lipinski definition) is 3. The van der Waals surface area contributed by atoms with E-state index in [-0.39, 0.29) is 4.05 Å². The summed E-state index contributed by atoms with van der Waals surface area (Å²) in [5, 5.41) is 10.9. The van der Waals surface area contributed by atoms with E-state index in [1.165, 1.54) is 11.9 Å². The van der Waals surface area contributed by atoms with Gasteiger partial charge < -0.3 is 9.94 Å². The van der Waals surface area contributed by atoms with Crippen molar-refractivity contribution < 1.29 is 8.79 Å². The van der Waals surface area contributed by atoms with Gasteiger partial charge in [-0.3, -0.25) is 4.05 Å². The van der Waals surface area contributed by atoms with Crippen LogP contribution < -0.4 is 0 Å². The minimum atomic E-state index is -0.208. The van der Waals surface area contributed by atoms with Crippen molar-refractivity contribution in [3.8, 4) is 0 Å². The van der Waals surface area contributed by atoms with Gasteiger partial charge in [-0.2, -0.15) is 0 Å². The monoisotopic (exact) mass is 135 g/mol. The van der Waals surface area contributed by atoms with Gasteiger partial charge in [0.15, 0.2) is 0 Å². The summed E-state index contributed by atoms with van der Waals surface area (Å²) in [6.45, 7) is 1.18. The molecular formula is C4H9NO2S. The second kappa shape index (κ2) is 2.23. The number of nitrogens with zero attached hydrogens (tertiary/aromatic N) is 1. The Bertz CT molecular complexity index is 78.1. The van der Waals surface area contributed by atoms with Gasteiger partial charge in [-0.1, -0.05) is 0 Å². The Morgan fingerprint density at radius 2 is 2.50 bits per heavy atom. The van der Waals surface area contributed by atoms with Crippen molar-refractivity contribution in [1.29, 1.82) is 0 Å². The Morgan fingerprint density at radius 1 is 1.75 bits per heavy atom. The maximum absolute atomic E-state index is 10.9. The van der Waals surface area contributed by atoms with E-state index in [1.54, 1.807) is 7.05 Å². The van der Waals surface area contributed by atoms with Crippen LogP contribution in [0.1, 0.15) is 0 Å². The largest absolute Gasteiger partial charge is 0.620 e. The van der Waals surface area contributed by atoms with E-state index < -0.39 is 0 Å². The first-order chi connectivity index (χ1) is 3.71. The molecule has 0 N–H and O–H groups in total. The van der Waals surface area contributed by atoms with Crippen LogP contribution in [-0.2, 0) is 4.74 Å². The summed E-state index contributed by atoms with van der Waals surface area (Å²) in [6.07, 6.45) is 0. The molecule has 0 amide bonds. The number of rotatable bonds is 0. The van der Waals surface area contributed by atoms with E-state index in [9.17, 15) is 5.21 Å². The van der Waals surface area contributed by atoms with Crippen LogP contribution in [0.2, 0.25) is 0 Å². The lowest BCUT2D eigenvalue weighted by Crippen LogP contribution is -2.37. The third-order valence-electron chi connectivity index (χ3n) is 1.05. The highest BCUT2D eigenvalue weighted by Crippen LogP contribution is 2.20. The number of quaternary nitrogens is 1. The van der Waals surface area contributed by atoms with Gasteiger partial charge in [0.25, 0.3) is 0 Å². The fourth-order valence-corrected chi connectivity index (χ4v) is 1.12. The normalized spacial score (nSPS) is 39.8. The highest BCUT2D eigenvalue weighted by atomic mass is 32.2. The van der Waals surface area contributed by atoms with Crippen molar-refractivity contribution >= 4 is 11.9 Å². The van der Waals surface area contributed by atoms with Crippen LogP contribution in [0.3, 0.4) is 0 Å². The Balaban J connectivity index is 2.33. The molecular weight excluding hydrogens is 126 g/mol. The predicted molar refractivity (Wildman–Crippen MR) is 32.8 cm³/mol. The minimum Gasteiger partial charge on any atom is -0.620 e. The molecule has 1 atom stereocenters. The SMILES string of the molecule is C[N+]1([O-])CCOCS1. The average molecular weight is 135 g/mol. The van der Waals surface area contributed by atoms with Gasteiger partial charge in [0, 0.05) is 0 Å². The van der Waals surface area contributed by atoms with Crippen LogP contribution >= 0.6 is 11.9 Å². The first-order valence-electron chi connectivity index (χ1n) is 2.49. The zero-order valence-electron chi connectivity index (χ0n) is 4.79. The maximum Gasteiger partial charge on any atom is 0.147 e. The summed E-state index contributed by atoms with van der Waals surface area (Å²) in [4.78, 5) is 0. The molecule has 1 aliphatic rings. The molecule has 1 rings (SSSR count). The molecule has 0 aromatic heterocycles. The molecule has 0 radical (unpaired) electrons. The minimum absolute atomic E-state index is 0.208. The molecule has 1 heterocycles. The highest BCUT2D eigenvalue weighted by Gasteiger charge is 2.16. The fourth-order valence-electron chi connectivity index (χ4n) is 0.503. The third kappa shape index (κ3) is 1.63. The Morgan fingerprint density at radius 3 is 2.75 bits per heavy atom. The number of likely N-dealkylation sites (N-methyl/N-ethyl adjacent to an activating group) is 1. The first kappa shape index (κ1) is 6.35. The Kier molecular flexibility index (Phi) is 1.77. The van der Waals surface area contributed by atoms with E-state index in [2.05, 4.69) is 0 Å². The molecule has 1 unspecified atom stereocenters. The van der Waals surface area contributed by atoms with Crippen molar-refractivity contribution in [1.82, 2.24) is 0 Å². The zero-order chi connectivity index (χ0) is 6.04. The molecule has 0 saturated carbocycles. The molecule has 0 aromatic rings. The van der Waals surface area contributed by atoms with Gasteiger partial charge in [-0.15, -0.1) is 0 Å². The summed E-state index contributed by atoms with van der Waals surface area (Å²) < 4.78 is 4.74. The van der Waals surface area contributed by atoms with Gasteiger partial charge in [0.2, 0.25) is 0 Å². The van der Waals surface area contributed by atoms with Crippen LogP contribution in [0, 0.1) is 5.21 Å².